The fourth-order valence-electron chi connectivity index (χ4n) is 2.30. The Labute approximate surface area is 126 Å². The van der Waals surface area contributed by atoms with Crippen LogP contribution in [-0.2, 0) is 9.53 Å². The molecule has 0 fully saturated rings. The molecule has 0 aromatic carbocycles. The topological polar surface area (TPSA) is 26.3 Å². The molecule has 0 amide bonds. The second-order valence-electron chi connectivity index (χ2n) is 5.48. The van der Waals surface area contributed by atoms with E-state index in [0.29, 0.717) is 6.61 Å². The van der Waals surface area contributed by atoms with Crippen molar-refractivity contribution < 1.29 is 9.53 Å². The molecule has 0 aliphatic rings. The van der Waals surface area contributed by atoms with Crippen LogP contribution in [0, 0.1) is 0 Å². The summed E-state index contributed by atoms with van der Waals surface area (Å²) < 4.78 is 4.82. The lowest BCUT2D eigenvalue weighted by atomic mass is 10.1. The number of hydrogen-bond donors (Lipinski definition) is 0. The van der Waals surface area contributed by atoms with E-state index < -0.39 is 0 Å². The average molecular weight is 282 g/mol. The molecular weight excluding hydrogens is 248 g/mol. The number of rotatable bonds is 14. The summed E-state index contributed by atoms with van der Waals surface area (Å²) in [5, 5.41) is 0. The van der Waals surface area contributed by atoms with Gasteiger partial charge in [-0.2, -0.15) is 0 Å². The molecule has 20 heavy (non-hydrogen) atoms. The van der Waals surface area contributed by atoms with E-state index in [1.54, 1.807) is 6.08 Å². The van der Waals surface area contributed by atoms with Gasteiger partial charge in [0.25, 0.3) is 0 Å². The average Bonchev–Trinajstić information content (AvgIpc) is 2.44. The Morgan fingerprint density at radius 2 is 1.30 bits per heavy atom. The van der Waals surface area contributed by atoms with E-state index >= 15 is 0 Å². The summed E-state index contributed by atoms with van der Waals surface area (Å²) in [6.45, 7) is 4.55. The van der Waals surface area contributed by atoms with Crippen LogP contribution in [0.1, 0.15) is 90.9 Å². The summed E-state index contributed by atoms with van der Waals surface area (Å²) in [6, 6.07) is 0. The number of carbonyl (C=O) groups excluding carboxylic acids is 1. The Hall–Kier alpha value is -0.790. The van der Waals surface area contributed by atoms with Crippen LogP contribution in [0.4, 0.5) is 0 Å². The lowest BCUT2D eigenvalue weighted by Gasteiger charge is -2.01. The third-order valence-electron chi connectivity index (χ3n) is 3.51. The summed E-state index contributed by atoms with van der Waals surface area (Å²) in [7, 11) is 0. The highest BCUT2D eigenvalue weighted by Crippen LogP contribution is 2.11. The number of ether oxygens (including phenoxy) is 1. The molecule has 0 unspecified atom stereocenters. The first-order chi connectivity index (χ1) is 9.81. The number of hydrogen-bond acceptors (Lipinski definition) is 2. The highest BCUT2D eigenvalue weighted by molar-refractivity contribution is 5.81. The second kappa shape index (κ2) is 16.3. The van der Waals surface area contributed by atoms with Crippen molar-refractivity contribution in [1.82, 2.24) is 0 Å². The van der Waals surface area contributed by atoms with Gasteiger partial charge in [0.2, 0.25) is 0 Å². The minimum absolute atomic E-state index is 0.212. The van der Waals surface area contributed by atoms with Crippen LogP contribution in [0.25, 0.3) is 0 Å². The molecule has 0 spiro atoms. The predicted octanol–water partition coefficient (Wildman–Crippen LogP) is 5.81. The SMILES string of the molecule is CCCCCCCCCCCCC/C=C\C(=O)OCC. The van der Waals surface area contributed by atoms with Crippen molar-refractivity contribution in [3.8, 4) is 0 Å². The Kier molecular flexibility index (Phi) is 15.6. The van der Waals surface area contributed by atoms with Crippen molar-refractivity contribution >= 4 is 5.97 Å². The van der Waals surface area contributed by atoms with Crippen molar-refractivity contribution in [2.75, 3.05) is 6.61 Å². The summed E-state index contributed by atoms with van der Waals surface area (Å²) in [5.74, 6) is -0.212. The maximum atomic E-state index is 11.0. The van der Waals surface area contributed by atoms with Crippen molar-refractivity contribution in [3.63, 3.8) is 0 Å². The van der Waals surface area contributed by atoms with E-state index in [4.69, 9.17) is 4.74 Å². The standard InChI is InChI=1S/C18H34O2/c1-3-5-6-7-8-9-10-11-12-13-14-15-16-17-18(19)20-4-2/h16-17H,3-15H2,1-2H3/b17-16-. The first kappa shape index (κ1) is 19.2. The number of carbonyl (C=O) groups is 1. The van der Waals surface area contributed by atoms with E-state index in [9.17, 15) is 4.79 Å². The molecule has 0 radical (unpaired) electrons. The van der Waals surface area contributed by atoms with Crippen LogP contribution in [0.3, 0.4) is 0 Å². The molecular formula is C18H34O2. The van der Waals surface area contributed by atoms with Crippen LogP contribution in [-0.4, -0.2) is 12.6 Å². The van der Waals surface area contributed by atoms with E-state index in [0.717, 1.165) is 6.42 Å². The fourth-order valence-corrected chi connectivity index (χ4v) is 2.30. The summed E-state index contributed by atoms with van der Waals surface area (Å²) >= 11 is 0. The van der Waals surface area contributed by atoms with Crippen LogP contribution in [0.2, 0.25) is 0 Å². The van der Waals surface area contributed by atoms with Gasteiger partial charge in [0, 0.05) is 6.08 Å². The van der Waals surface area contributed by atoms with E-state index in [1.165, 1.54) is 70.6 Å². The van der Waals surface area contributed by atoms with E-state index in [1.807, 2.05) is 13.0 Å². The van der Waals surface area contributed by atoms with Gasteiger partial charge < -0.3 is 4.74 Å². The van der Waals surface area contributed by atoms with E-state index in [-0.39, 0.29) is 5.97 Å². The molecule has 2 nitrogen and oxygen atoms in total. The third-order valence-corrected chi connectivity index (χ3v) is 3.51. The highest BCUT2D eigenvalue weighted by Gasteiger charge is 1.94. The molecule has 118 valence electrons. The van der Waals surface area contributed by atoms with Crippen LogP contribution < -0.4 is 0 Å². The predicted molar refractivity (Wildman–Crippen MR) is 86.9 cm³/mol. The molecule has 0 atom stereocenters. The van der Waals surface area contributed by atoms with Gasteiger partial charge in [-0.25, -0.2) is 4.79 Å². The van der Waals surface area contributed by atoms with Crippen molar-refractivity contribution in [2.24, 2.45) is 0 Å². The van der Waals surface area contributed by atoms with Gasteiger partial charge in [-0.05, 0) is 19.8 Å². The zero-order valence-corrected chi connectivity index (χ0v) is 13.7. The zero-order valence-electron chi connectivity index (χ0n) is 13.7. The quantitative estimate of drug-likeness (QED) is 0.228. The van der Waals surface area contributed by atoms with Crippen molar-refractivity contribution in [3.05, 3.63) is 12.2 Å². The normalized spacial score (nSPS) is 11.1. The largest absolute Gasteiger partial charge is 0.463 e. The number of unbranched alkanes of at least 4 members (excludes halogenated alkanes) is 11. The number of esters is 1. The minimum atomic E-state index is -0.212. The second-order valence-corrected chi connectivity index (χ2v) is 5.48. The first-order valence-electron chi connectivity index (χ1n) is 8.64. The summed E-state index contributed by atoms with van der Waals surface area (Å²) in [6.07, 6.45) is 19.5. The molecule has 0 N–H and O–H groups in total. The maximum absolute atomic E-state index is 11.0. The monoisotopic (exact) mass is 282 g/mol. The molecule has 0 saturated carbocycles. The molecule has 0 bridgehead atoms. The Balaban J connectivity index is 3.11. The van der Waals surface area contributed by atoms with Gasteiger partial charge >= 0.3 is 5.97 Å². The van der Waals surface area contributed by atoms with Gasteiger partial charge in [0.15, 0.2) is 0 Å². The molecule has 0 aliphatic heterocycles. The molecule has 0 heterocycles. The molecule has 2 heteroatoms. The molecule has 0 aliphatic carbocycles. The van der Waals surface area contributed by atoms with Gasteiger partial charge in [0.1, 0.15) is 0 Å². The lowest BCUT2D eigenvalue weighted by Crippen LogP contribution is -1.98. The molecule has 0 aromatic rings. The van der Waals surface area contributed by atoms with Gasteiger partial charge in [-0.15, -0.1) is 0 Å². The van der Waals surface area contributed by atoms with Crippen LogP contribution >= 0.6 is 0 Å². The Morgan fingerprint density at radius 3 is 1.80 bits per heavy atom. The van der Waals surface area contributed by atoms with Crippen LogP contribution in [0.15, 0.2) is 12.2 Å². The van der Waals surface area contributed by atoms with E-state index in [2.05, 4.69) is 6.92 Å². The smallest absolute Gasteiger partial charge is 0.330 e. The van der Waals surface area contributed by atoms with Crippen LogP contribution in [0.5, 0.6) is 0 Å². The summed E-state index contributed by atoms with van der Waals surface area (Å²) in [4.78, 5) is 11.0. The highest BCUT2D eigenvalue weighted by atomic mass is 16.5. The van der Waals surface area contributed by atoms with Crippen molar-refractivity contribution in [2.45, 2.75) is 90.9 Å². The minimum Gasteiger partial charge on any atom is -0.463 e. The van der Waals surface area contributed by atoms with Gasteiger partial charge in [-0.3, -0.25) is 0 Å². The van der Waals surface area contributed by atoms with Crippen molar-refractivity contribution in [1.29, 1.82) is 0 Å². The first-order valence-corrected chi connectivity index (χ1v) is 8.64. The molecule has 0 saturated heterocycles. The number of allylic oxidation sites excluding steroid dienone is 1. The third kappa shape index (κ3) is 15.3. The lowest BCUT2D eigenvalue weighted by molar-refractivity contribution is -0.137. The molecule has 0 aromatic heterocycles. The Morgan fingerprint density at radius 1 is 0.800 bits per heavy atom. The maximum Gasteiger partial charge on any atom is 0.330 e. The van der Waals surface area contributed by atoms with Gasteiger partial charge in [-0.1, -0.05) is 77.2 Å². The fraction of sp³-hybridized carbons (Fsp3) is 0.833. The Bertz CT molecular complexity index is 234. The zero-order chi connectivity index (χ0) is 14.9. The summed E-state index contributed by atoms with van der Waals surface area (Å²) in [5.41, 5.74) is 0. The molecule has 0 rings (SSSR count). The van der Waals surface area contributed by atoms with Gasteiger partial charge in [0.05, 0.1) is 6.61 Å².